The minimum absolute atomic E-state index is 0. The lowest BCUT2D eigenvalue weighted by atomic mass is 10.0. The molecule has 1 saturated heterocycles. The highest BCUT2D eigenvalue weighted by atomic mass is 35.5. The van der Waals surface area contributed by atoms with Gasteiger partial charge in [-0.05, 0) is 42.5 Å². The lowest BCUT2D eigenvalue weighted by Crippen LogP contribution is -2.46. The number of carbonyl (C=O) groups excluding carboxylic acids is 1. The SMILES string of the molecule is Cl.N#C[C@@H]1CCCN1C(=O)[C@@H](N)Cc1ccc(-c2cn(Cc3ccc(Cl)c(Cl)c3)nn2)cc1. The monoisotopic (exact) mass is 504 g/mol. The van der Waals surface area contributed by atoms with Crippen molar-refractivity contribution in [1.29, 1.82) is 5.26 Å². The average Bonchev–Trinajstić information content (AvgIpc) is 3.46. The summed E-state index contributed by atoms with van der Waals surface area (Å²) < 4.78 is 1.74. The van der Waals surface area contributed by atoms with E-state index in [1.54, 1.807) is 15.6 Å². The van der Waals surface area contributed by atoms with Gasteiger partial charge in [0.05, 0.1) is 34.9 Å². The van der Waals surface area contributed by atoms with Gasteiger partial charge in [0, 0.05) is 12.1 Å². The van der Waals surface area contributed by atoms with E-state index in [1.165, 1.54) is 0 Å². The quantitative estimate of drug-likeness (QED) is 0.543. The maximum Gasteiger partial charge on any atom is 0.240 e. The van der Waals surface area contributed by atoms with Gasteiger partial charge in [0.1, 0.15) is 11.7 Å². The summed E-state index contributed by atoms with van der Waals surface area (Å²) in [7, 11) is 0. The number of hydrogen-bond donors (Lipinski definition) is 1. The summed E-state index contributed by atoms with van der Waals surface area (Å²) in [5, 5.41) is 18.7. The molecule has 2 heterocycles. The zero-order chi connectivity index (χ0) is 22.7. The molecule has 2 N–H and O–H groups in total. The number of nitrogens with zero attached hydrogens (tertiary/aromatic N) is 5. The molecular weight excluding hydrogens is 483 g/mol. The first-order valence-electron chi connectivity index (χ1n) is 10.3. The third kappa shape index (κ3) is 5.84. The van der Waals surface area contributed by atoms with Crippen LogP contribution in [0.25, 0.3) is 11.3 Å². The molecule has 10 heteroatoms. The molecule has 33 heavy (non-hydrogen) atoms. The lowest BCUT2D eigenvalue weighted by Gasteiger charge is -2.23. The van der Waals surface area contributed by atoms with Gasteiger partial charge in [0.25, 0.3) is 0 Å². The van der Waals surface area contributed by atoms with E-state index < -0.39 is 6.04 Å². The highest BCUT2D eigenvalue weighted by Gasteiger charge is 2.31. The molecule has 1 amide bonds. The normalized spacial score (nSPS) is 16.2. The number of nitrogens with two attached hydrogens (primary N) is 1. The van der Waals surface area contributed by atoms with Gasteiger partial charge in [-0.2, -0.15) is 5.26 Å². The lowest BCUT2D eigenvalue weighted by molar-refractivity contribution is -0.132. The average molecular weight is 506 g/mol. The first kappa shape index (κ1) is 25.0. The van der Waals surface area contributed by atoms with Gasteiger partial charge in [0.15, 0.2) is 0 Å². The van der Waals surface area contributed by atoms with Crippen molar-refractivity contribution in [3.05, 3.63) is 69.8 Å². The summed E-state index contributed by atoms with van der Waals surface area (Å²) in [4.78, 5) is 14.2. The number of benzene rings is 2. The Kier molecular flexibility index (Phi) is 8.33. The van der Waals surface area contributed by atoms with E-state index in [0.29, 0.717) is 29.6 Å². The first-order valence-corrected chi connectivity index (χ1v) is 11.1. The Labute approximate surface area is 208 Å². The third-order valence-electron chi connectivity index (χ3n) is 5.57. The number of hydrogen-bond acceptors (Lipinski definition) is 5. The number of nitriles is 1. The Bertz CT molecular complexity index is 1160. The fourth-order valence-electron chi connectivity index (χ4n) is 3.86. The molecule has 0 bridgehead atoms. The van der Waals surface area contributed by atoms with Crippen LogP contribution in [0, 0.1) is 11.3 Å². The first-order chi connectivity index (χ1) is 15.4. The molecule has 3 aromatic rings. The minimum atomic E-state index is -0.665. The number of carbonyl (C=O) groups is 1. The van der Waals surface area contributed by atoms with Crippen LogP contribution in [0.4, 0.5) is 0 Å². The molecule has 1 aromatic heterocycles. The van der Waals surface area contributed by atoms with Gasteiger partial charge in [-0.3, -0.25) is 4.79 Å². The Morgan fingerprint density at radius 3 is 2.61 bits per heavy atom. The maximum atomic E-state index is 12.6. The summed E-state index contributed by atoms with van der Waals surface area (Å²) in [5.74, 6) is -0.164. The molecular formula is C23H23Cl3N6O. The Morgan fingerprint density at radius 1 is 1.18 bits per heavy atom. The number of aromatic nitrogens is 3. The zero-order valence-corrected chi connectivity index (χ0v) is 20.0. The largest absolute Gasteiger partial charge is 0.325 e. The van der Waals surface area contributed by atoms with Crippen LogP contribution in [0.5, 0.6) is 0 Å². The molecule has 0 spiro atoms. The summed E-state index contributed by atoms with van der Waals surface area (Å²) in [5.41, 5.74) is 9.73. The molecule has 1 aliphatic heterocycles. The van der Waals surface area contributed by atoms with Crippen molar-refractivity contribution < 1.29 is 4.79 Å². The highest BCUT2D eigenvalue weighted by molar-refractivity contribution is 6.42. The van der Waals surface area contributed by atoms with E-state index in [2.05, 4.69) is 16.4 Å². The van der Waals surface area contributed by atoms with E-state index in [0.717, 1.165) is 35.2 Å². The second kappa shape index (κ2) is 11.0. The second-order valence-electron chi connectivity index (χ2n) is 7.88. The fraction of sp³-hybridized carbons (Fsp3) is 0.304. The van der Waals surface area contributed by atoms with Crippen LogP contribution in [-0.2, 0) is 17.8 Å². The van der Waals surface area contributed by atoms with Gasteiger partial charge in [-0.1, -0.05) is 58.7 Å². The maximum absolute atomic E-state index is 12.6. The minimum Gasteiger partial charge on any atom is -0.325 e. The fourth-order valence-corrected chi connectivity index (χ4v) is 4.18. The third-order valence-corrected chi connectivity index (χ3v) is 6.31. The smallest absolute Gasteiger partial charge is 0.240 e. The molecule has 0 aliphatic carbocycles. The van der Waals surface area contributed by atoms with Crippen LogP contribution >= 0.6 is 35.6 Å². The summed E-state index contributed by atoms with van der Waals surface area (Å²) in [6.45, 7) is 1.13. The van der Waals surface area contributed by atoms with E-state index in [1.807, 2.05) is 42.6 Å². The topological polar surface area (TPSA) is 101 Å². The van der Waals surface area contributed by atoms with Crippen LogP contribution in [0.15, 0.2) is 48.7 Å². The summed E-state index contributed by atoms with van der Waals surface area (Å²) in [6.07, 6.45) is 3.84. The van der Waals surface area contributed by atoms with Gasteiger partial charge >= 0.3 is 0 Å². The Morgan fingerprint density at radius 2 is 1.91 bits per heavy atom. The van der Waals surface area contributed by atoms with E-state index in [-0.39, 0.29) is 24.4 Å². The molecule has 2 aromatic carbocycles. The number of likely N-dealkylation sites (tertiary alicyclic amines) is 1. The van der Waals surface area contributed by atoms with Gasteiger partial charge < -0.3 is 10.6 Å². The van der Waals surface area contributed by atoms with Crippen LogP contribution < -0.4 is 5.73 Å². The molecule has 2 atom stereocenters. The molecule has 7 nitrogen and oxygen atoms in total. The van der Waals surface area contributed by atoms with Crippen molar-refractivity contribution in [1.82, 2.24) is 19.9 Å². The van der Waals surface area contributed by atoms with Crippen molar-refractivity contribution in [2.45, 2.75) is 37.9 Å². The molecule has 1 fully saturated rings. The molecule has 1 aliphatic rings. The van der Waals surface area contributed by atoms with E-state index >= 15 is 0 Å². The molecule has 0 radical (unpaired) electrons. The molecule has 0 saturated carbocycles. The predicted octanol–water partition coefficient (Wildman–Crippen LogP) is 4.11. The number of rotatable bonds is 6. The van der Waals surface area contributed by atoms with E-state index in [4.69, 9.17) is 28.9 Å². The number of halogens is 3. The summed E-state index contributed by atoms with van der Waals surface area (Å²) in [6, 6.07) is 14.4. The zero-order valence-electron chi connectivity index (χ0n) is 17.7. The molecule has 0 unspecified atom stereocenters. The predicted molar refractivity (Wildman–Crippen MR) is 130 cm³/mol. The number of amides is 1. The molecule has 172 valence electrons. The molecule has 4 rings (SSSR count). The Hall–Kier alpha value is -2.63. The summed E-state index contributed by atoms with van der Waals surface area (Å²) >= 11 is 12.0. The van der Waals surface area contributed by atoms with Gasteiger partial charge in [-0.15, -0.1) is 17.5 Å². The van der Waals surface area contributed by atoms with Gasteiger partial charge in [-0.25, -0.2) is 4.68 Å². The Balaban J connectivity index is 0.00000306. The van der Waals surface area contributed by atoms with Crippen LogP contribution in [-0.4, -0.2) is 44.4 Å². The standard InChI is InChI=1S/C23H22Cl2N6O.ClH/c24-19-8-5-16(10-20(19)25)13-30-14-22(28-29-30)17-6-3-15(4-7-17)11-21(27)23(32)31-9-1-2-18(31)12-26;/h3-8,10,14,18,21H,1-2,9,11,13,27H2;1H/t18-,21-;/m0./s1. The van der Waals surface area contributed by atoms with Crippen molar-refractivity contribution in [2.75, 3.05) is 6.54 Å². The van der Waals surface area contributed by atoms with E-state index in [9.17, 15) is 10.1 Å². The van der Waals surface area contributed by atoms with Gasteiger partial charge in [0.2, 0.25) is 5.91 Å². The van der Waals surface area contributed by atoms with Crippen molar-refractivity contribution >= 4 is 41.5 Å². The second-order valence-corrected chi connectivity index (χ2v) is 8.69. The highest BCUT2D eigenvalue weighted by Crippen LogP contribution is 2.24. The van der Waals surface area contributed by atoms with Crippen molar-refractivity contribution in [2.24, 2.45) is 5.73 Å². The van der Waals surface area contributed by atoms with Crippen LogP contribution in [0.3, 0.4) is 0 Å². The van der Waals surface area contributed by atoms with Crippen LogP contribution in [0.1, 0.15) is 24.0 Å². The van der Waals surface area contributed by atoms with Crippen LogP contribution in [0.2, 0.25) is 10.0 Å². The van der Waals surface area contributed by atoms with Crippen molar-refractivity contribution in [3.8, 4) is 17.3 Å². The van der Waals surface area contributed by atoms with Crippen molar-refractivity contribution in [3.63, 3.8) is 0 Å².